The van der Waals surface area contributed by atoms with E-state index in [1.165, 1.54) is 18.5 Å². The standard InChI is InChI=1S/C18H17FN4O2/c1-2-13-9-23(8-12-4-3-5-14(19)6-12)10-15(13)16(24)7-17(25)18-20-11-21-22-18/h3-7,9-11,25H,2,8H2,1H3,(H,20,21,22). The second kappa shape index (κ2) is 7.12. The van der Waals surface area contributed by atoms with Gasteiger partial charge in [0.25, 0.3) is 0 Å². The predicted octanol–water partition coefficient (Wildman–Crippen LogP) is 3.14. The Kier molecular flexibility index (Phi) is 4.74. The number of aliphatic hydroxyl groups excluding tert-OH is 1. The lowest BCUT2D eigenvalue weighted by molar-refractivity contribution is 0.104. The summed E-state index contributed by atoms with van der Waals surface area (Å²) in [6, 6.07) is 6.33. The van der Waals surface area contributed by atoms with Crippen LogP contribution in [0.25, 0.3) is 5.76 Å². The number of hydrogen-bond acceptors (Lipinski definition) is 4. The van der Waals surface area contributed by atoms with E-state index in [0.29, 0.717) is 18.5 Å². The fourth-order valence-electron chi connectivity index (χ4n) is 2.60. The van der Waals surface area contributed by atoms with Gasteiger partial charge >= 0.3 is 0 Å². The Morgan fingerprint density at radius 1 is 1.40 bits per heavy atom. The van der Waals surface area contributed by atoms with Gasteiger partial charge in [0.15, 0.2) is 11.5 Å². The van der Waals surface area contributed by atoms with E-state index in [-0.39, 0.29) is 23.2 Å². The topological polar surface area (TPSA) is 83.8 Å². The Morgan fingerprint density at radius 3 is 2.92 bits per heavy atom. The third kappa shape index (κ3) is 3.82. The number of ketones is 1. The molecule has 2 aromatic heterocycles. The largest absolute Gasteiger partial charge is 0.504 e. The average molecular weight is 340 g/mol. The number of aryl methyl sites for hydroxylation is 1. The molecule has 128 valence electrons. The molecule has 2 N–H and O–H groups in total. The maximum absolute atomic E-state index is 13.3. The van der Waals surface area contributed by atoms with Gasteiger partial charge < -0.3 is 9.67 Å². The molecule has 0 fully saturated rings. The number of rotatable bonds is 6. The molecule has 0 amide bonds. The van der Waals surface area contributed by atoms with Crippen molar-refractivity contribution in [1.82, 2.24) is 19.7 Å². The van der Waals surface area contributed by atoms with Gasteiger partial charge in [-0.15, -0.1) is 0 Å². The molecule has 0 atom stereocenters. The molecule has 0 aliphatic carbocycles. The number of benzene rings is 1. The highest BCUT2D eigenvalue weighted by molar-refractivity contribution is 6.08. The molecule has 2 heterocycles. The van der Waals surface area contributed by atoms with Crippen molar-refractivity contribution < 1.29 is 14.3 Å². The normalized spacial score (nSPS) is 11.7. The van der Waals surface area contributed by atoms with Crippen LogP contribution in [0, 0.1) is 5.82 Å². The van der Waals surface area contributed by atoms with Crippen molar-refractivity contribution in [3.8, 4) is 0 Å². The molecule has 1 aromatic carbocycles. The smallest absolute Gasteiger partial charge is 0.215 e. The van der Waals surface area contributed by atoms with Crippen molar-refractivity contribution in [3.05, 3.63) is 77.4 Å². The molecule has 0 saturated carbocycles. The van der Waals surface area contributed by atoms with E-state index < -0.39 is 0 Å². The summed E-state index contributed by atoms with van der Waals surface area (Å²) < 4.78 is 15.1. The number of nitrogens with zero attached hydrogens (tertiary/aromatic N) is 3. The van der Waals surface area contributed by atoms with Crippen molar-refractivity contribution in [1.29, 1.82) is 0 Å². The molecule has 0 radical (unpaired) electrons. The Labute approximate surface area is 143 Å². The fraction of sp³-hybridized carbons (Fsp3) is 0.167. The number of halogens is 1. The minimum Gasteiger partial charge on any atom is -0.504 e. The van der Waals surface area contributed by atoms with Crippen molar-refractivity contribution in [3.63, 3.8) is 0 Å². The van der Waals surface area contributed by atoms with E-state index in [1.807, 2.05) is 23.8 Å². The van der Waals surface area contributed by atoms with Gasteiger partial charge in [0, 0.05) is 30.6 Å². The molecule has 3 aromatic rings. The van der Waals surface area contributed by atoms with E-state index in [0.717, 1.165) is 17.2 Å². The van der Waals surface area contributed by atoms with Gasteiger partial charge in [-0.3, -0.25) is 9.89 Å². The number of H-pyrrole nitrogens is 1. The third-order valence-electron chi connectivity index (χ3n) is 3.78. The van der Waals surface area contributed by atoms with E-state index in [1.54, 1.807) is 12.3 Å². The molecule has 25 heavy (non-hydrogen) atoms. The van der Waals surface area contributed by atoms with E-state index in [2.05, 4.69) is 15.2 Å². The van der Waals surface area contributed by atoms with Gasteiger partial charge in [-0.2, -0.15) is 5.10 Å². The molecule has 7 heteroatoms. The van der Waals surface area contributed by atoms with Crippen LogP contribution in [-0.4, -0.2) is 30.6 Å². The van der Waals surface area contributed by atoms with E-state index in [9.17, 15) is 14.3 Å². The molecule has 0 unspecified atom stereocenters. The SMILES string of the molecule is CCc1cn(Cc2cccc(F)c2)cc1C(=O)C=C(O)c1nc[nH]n1. The molecule has 0 bridgehead atoms. The van der Waals surface area contributed by atoms with Crippen LogP contribution in [0.4, 0.5) is 4.39 Å². The van der Waals surface area contributed by atoms with Gasteiger partial charge in [-0.25, -0.2) is 9.37 Å². The lowest BCUT2D eigenvalue weighted by atomic mass is 10.1. The van der Waals surface area contributed by atoms with Gasteiger partial charge in [0.2, 0.25) is 5.82 Å². The second-order valence-electron chi connectivity index (χ2n) is 5.57. The Bertz CT molecular complexity index is 913. The Hall–Kier alpha value is -3.22. The van der Waals surface area contributed by atoms with Crippen LogP contribution in [0.2, 0.25) is 0 Å². The zero-order valence-corrected chi connectivity index (χ0v) is 13.6. The van der Waals surface area contributed by atoms with Crippen molar-refractivity contribution >= 4 is 11.5 Å². The average Bonchev–Trinajstić information content (AvgIpc) is 3.24. The van der Waals surface area contributed by atoms with Crippen molar-refractivity contribution in [2.45, 2.75) is 19.9 Å². The summed E-state index contributed by atoms with van der Waals surface area (Å²) in [4.78, 5) is 16.3. The summed E-state index contributed by atoms with van der Waals surface area (Å²) in [5.74, 6) is -0.870. The lowest BCUT2D eigenvalue weighted by Crippen LogP contribution is -2.00. The molecule has 0 spiro atoms. The number of aromatic nitrogens is 4. The number of carbonyl (C=O) groups excluding carboxylic acids is 1. The zero-order valence-electron chi connectivity index (χ0n) is 13.6. The second-order valence-corrected chi connectivity index (χ2v) is 5.57. The highest BCUT2D eigenvalue weighted by atomic mass is 19.1. The number of hydrogen-bond donors (Lipinski definition) is 2. The molecule has 3 rings (SSSR count). The summed E-state index contributed by atoms with van der Waals surface area (Å²) in [7, 11) is 0. The van der Waals surface area contributed by atoms with Crippen LogP contribution in [0.5, 0.6) is 0 Å². The monoisotopic (exact) mass is 340 g/mol. The maximum Gasteiger partial charge on any atom is 0.215 e. The van der Waals surface area contributed by atoms with E-state index >= 15 is 0 Å². The predicted molar refractivity (Wildman–Crippen MR) is 90.6 cm³/mol. The van der Waals surface area contributed by atoms with Crippen molar-refractivity contribution in [2.75, 3.05) is 0 Å². The summed E-state index contributed by atoms with van der Waals surface area (Å²) >= 11 is 0. The fourth-order valence-corrected chi connectivity index (χ4v) is 2.60. The lowest BCUT2D eigenvalue weighted by Gasteiger charge is -2.03. The summed E-state index contributed by atoms with van der Waals surface area (Å²) in [6.45, 7) is 2.39. The maximum atomic E-state index is 13.3. The van der Waals surface area contributed by atoms with Crippen LogP contribution in [0.3, 0.4) is 0 Å². The molecular formula is C18H17FN4O2. The van der Waals surface area contributed by atoms with Gasteiger partial charge in [0.1, 0.15) is 12.1 Å². The molecule has 0 aliphatic heterocycles. The molecule has 6 nitrogen and oxygen atoms in total. The highest BCUT2D eigenvalue weighted by Gasteiger charge is 2.14. The van der Waals surface area contributed by atoms with Gasteiger partial charge in [-0.05, 0) is 29.7 Å². The number of aliphatic hydroxyl groups is 1. The van der Waals surface area contributed by atoms with Crippen LogP contribution in [-0.2, 0) is 13.0 Å². The Balaban J connectivity index is 1.85. The molecular weight excluding hydrogens is 323 g/mol. The number of allylic oxidation sites excluding steroid dienone is 1. The van der Waals surface area contributed by atoms with Crippen LogP contribution in [0.15, 0.2) is 49.1 Å². The van der Waals surface area contributed by atoms with Crippen LogP contribution >= 0.6 is 0 Å². The van der Waals surface area contributed by atoms with Crippen LogP contribution in [0.1, 0.15) is 34.2 Å². The minimum absolute atomic E-state index is 0.0607. The number of aromatic amines is 1. The third-order valence-corrected chi connectivity index (χ3v) is 3.78. The van der Waals surface area contributed by atoms with Crippen LogP contribution < -0.4 is 0 Å². The number of carbonyl (C=O) groups is 1. The summed E-state index contributed by atoms with van der Waals surface area (Å²) in [5.41, 5.74) is 2.14. The van der Waals surface area contributed by atoms with Gasteiger partial charge in [0.05, 0.1) is 0 Å². The first-order valence-corrected chi connectivity index (χ1v) is 7.81. The summed E-state index contributed by atoms with van der Waals surface area (Å²) in [5, 5.41) is 16.1. The Morgan fingerprint density at radius 2 is 2.24 bits per heavy atom. The highest BCUT2D eigenvalue weighted by Crippen LogP contribution is 2.17. The first-order valence-electron chi connectivity index (χ1n) is 7.81. The minimum atomic E-state index is -0.336. The molecule has 0 saturated heterocycles. The first-order chi connectivity index (χ1) is 12.1. The molecule has 0 aliphatic rings. The first kappa shape index (κ1) is 16.6. The van der Waals surface area contributed by atoms with Gasteiger partial charge in [-0.1, -0.05) is 19.1 Å². The zero-order chi connectivity index (χ0) is 17.8. The van der Waals surface area contributed by atoms with Crippen molar-refractivity contribution in [2.24, 2.45) is 0 Å². The van der Waals surface area contributed by atoms with E-state index in [4.69, 9.17) is 0 Å². The number of nitrogens with one attached hydrogen (secondary N) is 1. The quantitative estimate of drug-likeness (QED) is 0.410. The summed E-state index contributed by atoms with van der Waals surface area (Å²) in [6.07, 6.45) is 6.64.